The molecule has 1 N–H and O–H groups in total. The largest absolute Gasteiger partial charge is 0.484 e. The molecule has 1 saturated heterocycles. The summed E-state index contributed by atoms with van der Waals surface area (Å²) in [5.41, 5.74) is 1.09. The quantitative estimate of drug-likeness (QED) is 0.902. The van der Waals surface area contributed by atoms with Crippen molar-refractivity contribution in [2.75, 3.05) is 19.7 Å². The third-order valence-corrected chi connectivity index (χ3v) is 3.78. The zero-order valence-corrected chi connectivity index (χ0v) is 12.2. The Kier molecular flexibility index (Phi) is 5.20. The number of nitrogens with zero attached hydrogens (tertiary/aromatic N) is 1. The van der Waals surface area contributed by atoms with Crippen molar-refractivity contribution in [1.82, 2.24) is 4.90 Å². The molecule has 5 heteroatoms. The van der Waals surface area contributed by atoms with Crippen LogP contribution in [0.1, 0.15) is 24.8 Å². The number of hydrogen-bond donors (Lipinski definition) is 1. The lowest BCUT2D eigenvalue weighted by atomic mass is 9.94. The van der Waals surface area contributed by atoms with Crippen LogP contribution < -0.4 is 4.74 Å². The molecule has 1 aromatic rings. The van der Waals surface area contributed by atoms with Crippen LogP contribution in [0.15, 0.2) is 24.3 Å². The van der Waals surface area contributed by atoms with Gasteiger partial charge in [0.15, 0.2) is 6.61 Å². The van der Waals surface area contributed by atoms with E-state index in [4.69, 9.17) is 9.84 Å². The van der Waals surface area contributed by atoms with Gasteiger partial charge in [-0.05, 0) is 43.4 Å². The summed E-state index contributed by atoms with van der Waals surface area (Å²) in [5.74, 6) is 0.0844. The molecule has 1 fully saturated rings. The van der Waals surface area contributed by atoms with Crippen molar-refractivity contribution < 1.29 is 19.4 Å². The number of carbonyl (C=O) groups excluding carboxylic acids is 1. The standard InChI is InChI=1S/C16H21NO4/c1-12-3-2-4-14(9-12)21-11-15(18)17-7-5-13(6-8-17)10-16(19)20/h2-4,9,13H,5-8,10-11H2,1H3,(H,19,20). The number of piperidine rings is 1. The zero-order chi connectivity index (χ0) is 15.2. The average Bonchev–Trinajstić information content (AvgIpc) is 2.45. The highest BCUT2D eigenvalue weighted by atomic mass is 16.5. The number of aryl methyl sites for hydroxylation is 1. The van der Waals surface area contributed by atoms with Crippen LogP contribution in [0, 0.1) is 12.8 Å². The molecule has 0 aromatic heterocycles. The number of ether oxygens (including phenoxy) is 1. The summed E-state index contributed by atoms with van der Waals surface area (Å²) in [7, 11) is 0. The highest BCUT2D eigenvalue weighted by Crippen LogP contribution is 2.20. The summed E-state index contributed by atoms with van der Waals surface area (Å²) < 4.78 is 5.51. The van der Waals surface area contributed by atoms with Gasteiger partial charge in [-0.15, -0.1) is 0 Å². The Morgan fingerprint density at radius 2 is 2.05 bits per heavy atom. The van der Waals surface area contributed by atoms with Crippen LogP contribution in [0.5, 0.6) is 5.75 Å². The van der Waals surface area contributed by atoms with Gasteiger partial charge >= 0.3 is 5.97 Å². The first kappa shape index (κ1) is 15.4. The first-order valence-electron chi connectivity index (χ1n) is 7.23. The van der Waals surface area contributed by atoms with Gasteiger partial charge in [0, 0.05) is 19.5 Å². The van der Waals surface area contributed by atoms with Crippen molar-refractivity contribution in [2.45, 2.75) is 26.2 Å². The molecule has 114 valence electrons. The van der Waals surface area contributed by atoms with Crippen LogP contribution in [0.2, 0.25) is 0 Å². The monoisotopic (exact) mass is 291 g/mol. The molecule has 0 aliphatic carbocycles. The fraction of sp³-hybridized carbons (Fsp3) is 0.500. The number of hydrogen-bond acceptors (Lipinski definition) is 3. The van der Waals surface area contributed by atoms with Crippen LogP contribution in [0.3, 0.4) is 0 Å². The Hall–Kier alpha value is -2.04. The van der Waals surface area contributed by atoms with Crippen LogP contribution in [-0.4, -0.2) is 41.6 Å². The number of aliphatic carboxylic acids is 1. The zero-order valence-electron chi connectivity index (χ0n) is 12.2. The van der Waals surface area contributed by atoms with Crippen LogP contribution in [0.25, 0.3) is 0 Å². The molecule has 1 aliphatic rings. The van der Waals surface area contributed by atoms with Gasteiger partial charge in [0.25, 0.3) is 5.91 Å². The summed E-state index contributed by atoms with van der Waals surface area (Å²) in [4.78, 5) is 24.5. The number of carbonyl (C=O) groups is 2. The number of carboxylic acid groups (broad SMARTS) is 1. The number of likely N-dealkylation sites (tertiary alicyclic amines) is 1. The number of amides is 1. The summed E-state index contributed by atoms with van der Waals surface area (Å²) in [6.45, 7) is 3.25. The fourth-order valence-corrected chi connectivity index (χ4v) is 2.57. The minimum absolute atomic E-state index is 0.0348. The Balaban J connectivity index is 1.76. The number of benzene rings is 1. The second kappa shape index (κ2) is 7.11. The molecule has 0 saturated carbocycles. The maximum absolute atomic E-state index is 12.1. The summed E-state index contributed by atoms with van der Waals surface area (Å²) >= 11 is 0. The van der Waals surface area contributed by atoms with E-state index in [2.05, 4.69) is 0 Å². The van der Waals surface area contributed by atoms with Crippen molar-refractivity contribution in [2.24, 2.45) is 5.92 Å². The molecular formula is C16H21NO4. The second-order valence-electron chi connectivity index (χ2n) is 5.53. The maximum Gasteiger partial charge on any atom is 0.303 e. The molecule has 2 rings (SSSR count). The Bertz CT molecular complexity index is 507. The van der Waals surface area contributed by atoms with Crippen LogP contribution >= 0.6 is 0 Å². The predicted molar refractivity (Wildman–Crippen MR) is 78.2 cm³/mol. The SMILES string of the molecule is Cc1cccc(OCC(=O)N2CCC(CC(=O)O)CC2)c1. The molecule has 1 aliphatic heterocycles. The Morgan fingerprint density at radius 3 is 2.67 bits per heavy atom. The Labute approximate surface area is 124 Å². The second-order valence-corrected chi connectivity index (χ2v) is 5.53. The van der Waals surface area contributed by atoms with Gasteiger partial charge in [-0.25, -0.2) is 0 Å². The molecule has 1 amide bonds. The predicted octanol–water partition coefficient (Wildman–Crippen LogP) is 2.09. The van der Waals surface area contributed by atoms with Crippen LogP contribution in [-0.2, 0) is 9.59 Å². The van der Waals surface area contributed by atoms with E-state index in [0.717, 1.165) is 18.4 Å². The van der Waals surface area contributed by atoms with Gasteiger partial charge in [0.05, 0.1) is 0 Å². The highest BCUT2D eigenvalue weighted by molar-refractivity contribution is 5.78. The third-order valence-electron chi connectivity index (χ3n) is 3.78. The van der Waals surface area contributed by atoms with Crippen molar-refractivity contribution in [1.29, 1.82) is 0 Å². The van der Waals surface area contributed by atoms with E-state index in [1.54, 1.807) is 4.90 Å². The van der Waals surface area contributed by atoms with Crippen molar-refractivity contribution in [3.05, 3.63) is 29.8 Å². The number of rotatable bonds is 5. The summed E-state index contributed by atoms with van der Waals surface area (Å²) in [5, 5.41) is 8.77. The molecule has 0 spiro atoms. The first-order chi connectivity index (χ1) is 10.0. The van der Waals surface area contributed by atoms with Gasteiger partial charge in [-0.3, -0.25) is 9.59 Å². The van der Waals surface area contributed by atoms with E-state index in [9.17, 15) is 9.59 Å². The third kappa shape index (κ3) is 4.77. The molecule has 1 heterocycles. The molecule has 0 bridgehead atoms. The topological polar surface area (TPSA) is 66.8 Å². The minimum atomic E-state index is -0.762. The molecule has 1 aromatic carbocycles. The molecule has 21 heavy (non-hydrogen) atoms. The summed E-state index contributed by atoms with van der Waals surface area (Å²) in [6.07, 6.45) is 1.70. The van der Waals surface area contributed by atoms with E-state index in [0.29, 0.717) is 18.8 Å². The lowest BCUT2D eigenvalue weighted by Crippen LogP contribution is -2.41. The van der Waals surface area contributed by atoms with Gasteiger partial charge in [0.2, 0.25) is 0 Å². The fourth-order valence-electron chi connectivity index (χ4n) is 2.57. The van der Waals surface area contributed by atoms with E-state index in [1.165, 1.54) is 0 Å². The van der Waals surface area contributed by atoms with E-state index >= 15 is 0 Å². The van der Waals surface area contributed by atoms with E-state index in [1.807, 2.05) is 31.2 Å². The van der Waals surface area contributed by atoms with Crippen LogP contribution in [0.4, 0.5) is 0 Å². The van der Waals surface area contributed by atoms with Crippen molar-refractivity contribution in [3.8, 4) is 5.75 Å². The smallest absolute Gasteiger partial charge is 0.303 e. The Morgan fingerprint density at radius 1 is 1.33 bits per heavy atom. The van der Waals surface area contributed by atoms with Crippen molar-refractivity contribution >= 4 is 11.9 Å². The number of carboxylic acids is 1. The molecule has 0 radical (unpaired) electrons. The average molecular weight is 291 g/mol. The molecular weight excluding hydrogens is 270 g/mol. The van der Waals surface area contributed by atoms with Gasteiger partial charge in [-0.2, -0.15) is 0 Å². The summed E-state index contributed by atoms with van der Waals surface area (Å²) in [6, 6.07) is 7.60. The molecule has 5 nitrogen and oxygen atoms in total. The highest BCUT2D eigenvalue weighted by Gasteiger charge is 2.24. The van der Waals surface area contributed by atoms with Gasteiger partial charge in [-0.1, -0.05) is 12.1 Å². The van der Waals surface area contributed by atoms with Crippen molar-refractivity contribution in [3.63, 3.8) is 0 Å². The lowest BCUT2D eigenvalue weighted by molar-refractivity contribution is -0.139. The van der Waals surface area contributed by atoms with E-state index in [-0.39, 0.29) is 24.9 Å². The normalized spacial score (nSPS) is 15.8. The lowest BCUT2D eigenvalue weighted by Gasteiger charge is -2.31. The molecule has 0 unspecified atom stereocenters. The van der Waals surface area contributed by atoms with Gasteiger partial charge < -0.3 is 14.7 Å². The minimum Gasteiger partial charge on any atom is -0.484 e. The van der Waals surface area contributed by atoms with E-state index < -0.39 is 5.97 Å². The maximum atomic E-state index is 12.1. The van der Waals surface area contributed by atoms with Gasteiger partial charge in [0.1, 0.15) is 5.75 Å². The molecule has 0 atom stereocenters. The first-order valence-corrected chi connectivity index (χ1v) is 7.23.